The van der Waals surface area contributed by atoms with E-state index in [-0.39, 0.29) is 12.1 Å². The first-order chi connectivity index (χ1) is 12.2. The molecule has 1 aromatic rings. The van der Waals surface area contributed by atoms with Gasteiger partial charge in [0.15, 0.2) is 0 Å². The molecule has 2 aliphatic carbocycles. The number of carbonyl (C=O) groups excluding carboxylic acids is 1. The Hall–Kier alpha value is -1.55. The molecule has 0 saturated heterocycles. The first kappa shape index (κ1) is 18.2. The van der Waals surface area contributed by atoms with Crippen molar-refractivity contribution in [3.8, 4) is 0 Å². The molecule has 4 nitrogen and oxygen atoms in total. The molecule has 1 amide bonds. The maximum Gasteiger partial charge on any atom is 0.407 e. The molecule has 0 aromatic heterocycles. The Morgan fingerprint density at radius 1 is 1.12 bits per heavy atom. The molecule has 2 N–H and O–H groups in total. The molecule has 0 aliphatic heterocycles. The number of alkyl carbamates (subject to hydrolysis) is 1. The van der Waals surface area contributed by atoms with Crippen LogP contribution in [0.1, 0.15) is 63.9 Å². The van der Waals surface area contributed by atoms with Crippen molar-refractivity contribution in [3.05, 3.63) is 35.9 Å². The molecule has 0 bridgehead atoms. The van der Waals surface area contributed by atoms with Crippen LogP contribution in [0.3, 0.4) is 0 Å². The maximum atomic E-state index is 11.9. The van der Waals surface area contributed by atoms with E-state index < -0.39 is 0 Å². The Bertz CT molecular complexity index is 522. The van der Waals surface area contributed by atoms with Gasteiger partial charge in [-0.2, -0.15) is 0 Å². The van der Waals surface area contributed by atoms with Gasteiger partial charge < -0.3 is 15.4 Å². The third-order valence-electron chi connectivity index (χ3n) is 5.78. The van der Waals surface area contributed by atoms with E-state index in [4.69, 9.17) is 4.74 Å². The molecule has 138 valence electrons. The van der Waals surface area contributed by atoms with Gasteiger partial charge in [0.25, 0.3) is 0 Å². The summed E-state index contributed by atoms with van der Waals surface area (Å²) in [4.78, 5) is 11.9. The van der Waals surface area contributed by atoms with E-state index in [0.29, 0.717) is 18.7 Å². The van der Waals surface area contributed by atoms with Crippen LogP contribution in [-0.2, 0) is 11.3 Å². The van der Waals surface area contributed by atoms with Crippen LogP contribution in [0.15, 0.2) is 30.3 Å². The maximum absolute atomic E-state index is 11.9. The fourth-order valence-electron chi connectivity index (χ4n) is 4.23. The molecule has 2 saturated carbocycles. The van der Waals surface area contributed by atoms with E-state index in [2.05, 4.69) is 17.6 Å². The fourth-order valence-corrected chi connectivity index (χ4v) is 4.23. The topological polar surface area (TPSA) is 50.4 Å². The largest absolute Gasteiger partial charge is 0.445 e. The van der Waals surface area contributed by atoms with Gasteiger partial charge in [-0.05, 0) is 43.6 Å². The SMILES string of the molecule is CCC(NC1CC(NC(=O)OCc2ccccc2)C1)C1CCCCC1. The molecular formula is C21H32N2O2. The van der Waals surface area contributed by atoms with Gasteiger partial charge in [-0.3, -0.25) is 0 Å². The lowest BCUT2D eigenvalue weighted by Gasteiger charge is -2.41. The summed E-state index contributed by atoms with van der Waals surface area (Å²) >= 11 is 0. The van der Waals surface area contributed by atoms with Crippen LogP contribution in [0, 0.1) is 5.92 Å². The molecule has 0 radical (unpaired) electrons. The zero-order chi connectivity index (χ0) is 17.5. The van der Waals surface area contributed by atoms with Gasteiger partial charge in [0.1, 0.15) is 6.61 Å². The zero-order valence-corrected chi connectivity index (χ0v) is 15.4. The van der Waals surface area contributed by atoms with E-state index in [9.17, 15) is 4.79 Å². The standard InChI is InChI=1S/C21H32N2O2/c1-2-20(17-11-7-4-8-12-17)22-18-13-19(14-18)23-21(24)25-15-16-9-5-3-6-10-16/h3,5-6,9-10,17-20,22H,2,4,7-8,11-15H2,1H3,(H,23,24). The van der Waals surface area contributed by atoms with Gasteiger partial charge in [-0.15, -0.1) is 0 Å². The average molecular weight is 344 g/mol. The summed E-state index contributed by atoms with van der Waals surface area (Å²) in [5.41, 5.74) is 1.02. The lowest BCUT2D eigenvalue weighted by atomic mass is 9.80. The number of hydrogen-bond donors (Lipinski definition) is 2. The van der Waals surface area contributed by atoms with Crippen LogP contribution in [0.4, 0.5) is 4.79 Å². The van der Waals surface area contributed by atoms with Crippen LogP contribution >= 0.6 is 0 Å². The molecule has 1 atom stereocenters. The van der Waals surface area contributed by atoms with Crippen LogP contribution in [0.5, 0.6) is 0 Å². The molecule has 0 spiro atoms. The number of ether oxygens (including phenoxy) is 1. The second kappa shape index (κ2) is 9.23. The summed E-state index contributed by atoms with van der Waals surface area (Å²) < 4.78 is 5.30. The van der Waals surface area contributed by atoms with Crippen molar-refractivity contribution in [1.29, 1.82) is 0 Å². The Morgan fingerprint density at radius 3 is 2.52 bits per heavy atom. The van der Waals surface area contributed by atoms with Gasteiger partial charge in [0, 0.05) is 18.1 Å². The van der Waals surface area contributed by atoms with Crippen molar-refractivity contribution < 1.29 is 9.53 Å². The first-order valence-corrected chi connectivity index (χ1v) is 9.98. The van der Waals surface area contributed by atoms with Gasteiger partial charge in [0.05, 0.1) is 0 Å². The Morgan fingerprint density at radius 2 is 1.84 bits per heavy atom. The molecule has 2 fully saturated rings. The second-order valence-corrected chi connectivity index (χ2v) is 7.65. The fraction of sp³-hybridized carbons (Fsp3) is 0.667. The van der Waals surface area contributed by atoms with Crippen LogP contribution in [-0.4, -0.2) is 24.2 Å². The minimum Gasteiger partial charge on any atom is -0.445 e. The molecule has 25 heavy (non-hydrogen) atoms. The van der Waals surface area contributed by atoms with Crippen LogP contribution < -0.4 is 10.6 Å². The van der Waals surface area contributed by atoms with Crippen molar-refractivity contribution in [2.45, 2.75) is 83.0 Å². The number of carbonyl (C=O) groups is 1. The second-order valence-electron chi connectivity index (χ2n) is 7.65. The van der Waals surface area contributed by atoms with Crippen LogP contribution in [0.2, 0.25) is 0 Å². The Labute approximate surface area is 151 Å². The molecular weight excluding hydrogens is 312 g/mol. The Balaban J connectivity index is 1.32. The predicted molar refractivity (Wildman–Crippen MR) is 100 cm³/mol. The molecule has 0 heterocycles. The number of benzene rings is 1. The Kier molecular flexibility index (Phi) is 6.74. The highest BCUT2D eigenvalue weighted by Gasteiger charge is 2.33. The summed E-state index contributed by atoms with van der Waals surface area (Å²) in [6, 6.07) is 11.2. The number of nitrogens with one attached hydrogen (secondary N) is 2. The predicted octanol–water partition coefficient (Wildman–Crippen LogP) is 4.39. The average Bonchev–Trinajstić information content (AvgIpc) is 2.63. The first-order valence-electron chi connectivity index (χ1n) is 9.98. The van der Waals surface area contributed by atoms with Crippen molar-refractivity contribution in [2.24, 2.45) is 5.92 Å². The van der Waals surface area contributed by atoms with Crippen molar-refractivity contribution in [1.82, 2.24) is 10.6 Å². The quantitative estimate of drug-likeness (QED) is 0.771. The lowest BCUT2D eigenvalue weighted by molar-refractivity contribution is 0.121. The van der Waals surface area contributed by atoms with E-state index in [1.165, 1.54) is 38.5 Å². The van der Waals surface area contributed by atoms with E-state index in [0.717, 1.165) is 24.3 Å². The lowest BCUT2D eigenvalue weighted by Crippen LogP contribution is -2.56. The number of hydrogen-bond acceptors (Lipinski definition) is 3. The van der Waals surface area contributed by atoms with E-state index >= 15 is 0 Å². The van der Waals surface area contributed by atoms with Gasteiger partial charge in [0.2, 0.25) is 0 Å². The molecule has 1 aromatic carbocycles. The number of amides is 1. The van der Waals surface area contributed by atoms with Crippen molar-refractivity contribution in [3.63, 3.8) is 0 Å². The highest BCUT2D eigenvalue weighted by Crippen LogP contribution is 2.30. The summed E-state index contributed by atoms with van der Waals surface area (Å²) in [6.45, 7) is 2.63. The van der Waals surface area contributed by atoms with Gasteiger partial charge in [-0.25, -0.2) is 4.79 Å². The van der Waals surface area contributed by atoms with Gasteiger partial charge >= 0.3 is 6.09 Å². The summed E-state index contributed by atoms with van der Waals surface area (Å²) in [7, 11) is 0. The minimum absolute atomic E-state index is 0.254. The molecule has 3 rings (SSSR count). The van der Waals surface area contributed by atoms with E-state index in [1.807, 2.05) is 30.3 Å². The normalized spacial score (nSPS) is 25.0. The van der Waals surface area contributed by atoms with Crippen LogP contribution in [0.25, 0.3) is 0 Å². The number of rotatable bonds is 7. The molecule has 1 unspecified atom stereocenters. The smallest absolute Gasteiger partial charge is 0.407 e. The van der Waals surface area contributed by atoms with Crippen molar-refractivity contribution in [2.75, 3.05) is 0 Å². The minimum atomic E-state index is -0.299. The third-order valence-corrected chi connectivity index (χ3v) is 5.78. The monoisotopic (exact) mass is 344 g/mol. The summed E-state index contributed by atoms with van der Waals surface area (Å²) in [6.07, 6.45) is 9.90. The summed E-state index contributed by atoms with van der Waals surface area (Å²) in [5.74, 6) is 0.849. The highest BCUT2D eigenvalue weighted by molar-refractivity contribution is 5.67. The molecule has 2 aliphatic rings. The zero-order valence-electron chi connectivity index (χ0n) is 15.4. The van der Waals surface area contributed by atoms with Gasteiger partial charge in [-0.1, -0.05) is 56.5 Å². The third kappa shape index (κ3) is 5.46. The van der Waals surface area contributed by atoms with Crippen molar-refractivity contribution >= 4 is 6.09 Å². The molecule has 4 heteroatoms. The summed E-state index contributed by atoms with van der Waals surface area (Å²) in [5, 5.41) is 6.83. The highest BCUT2D eigenvalue weighted by atomic mass is 16.5. The van der Waals surface area contributed by atoms with E-state index in [1.54, 1.807) is 0 Å².